The number of nitriles is 1. The quantitative estimate of drug-likeness (QED) is 0.747. The van der Waals surface area contributed by atoms with Crippen LogP contribution >= 0.6 is 0 Å². The van der Waals surface area contributed by atoms with Crippen molar-refractivity contribution in [2.45, 2.75) is 52.4 Å². The SMILES string of the molecule is CC(=O)C(c1ccc(C#N)cc1)c1ccc(C2CC2)cc1.CC(C)C.CNC. The maximum absolute atomic E-state index is 12.1. The third-order valence-electron chi connectivity index (χ3n) is 4.10. The fraction of sp³-hybridized carbons (Fsp3) is 0.440. The minimum absolute atomic E-state index is 0.124. The number of carbonyl (C=O) groups excluding carboxylic acids is 1. The van der Waals surface area contributed by atoms with Crippen molar-refractivity contribution in [1.82, 2.24) is 5.32 Å². The number of ketones is 1. The molecule has 1 aliphatic rings. The van der Waals surface area contributed by atoms with Crippen LogP contribution in [0.15, 0.2) is 48.5 Å². The normalized spacial score (nSPS) is 13.4. The topological polar surface area (TPSA) is 52.9 Å². The Morgan fingerprint density at radius 3 is 1.68 bits per heavy atom. The fourth-order valence-electron chi connectivity index (χ4n) is 2.79. The van der Waals surface area contributed by atoms with E-state index in [0.29, 0.717) is 5.56 Å². The van der Waals surface area contributed by atoms with Crippen molar-refractivity contribution in [2.75, 3.05) is 14.1 Å². The molecule has 1 fully saturated rings. The molecular formula is C25H34N2O. The lowest BCUT2D eigenvalue weighted by Gasteiger charge is -2.15. The van der Waals surface area contributed by atoms with E-state index in [1.54, 1.807) is 19.1 Å². The van der Waals surface area contributed by atoms with Gasteiger partial charge in [0.1, 0.15) is 5.78 Å². The lowest BCUT2D eigenvalue weighted by atomic mass is 9.87. The highest BCUT2D eigenvalue weighted by Crippen LogP contribution is 2.40. The van der Waals surface area contributed by atoms with Crippen LogP contribution < -0.4 is 5.32 Å². The summed E-state index contributed by atoms with van der Waals surface area (Å²) in [4.78, 5) is 12.1. The van der Waals surface area contributed by atoms with Crippen LogP contribution in [0.3, 0.4) is 0 Å². The highest BCUT2D eigenvalue weighted by Gasteiger charge is 2.24. The van der Waals surface area contributed by atoms with Crippen molar-refractivity contribution < 1.29 is 4.79 Å². The summed E-state index contributed by atoms with van der Waals surface area (Å²) in [5.74, 6) is 1.44. The van der Waals surface area contributed by atoms with Gasteiger partial charge >= 0.3 is 0 Å². The average molecular weight is 379 g/mol. The monoisotopic (exact) mass is 378 g/mol. The Morgan fingerprint density at radius 1 is 0.964 bits per heavy atom. The minimum Gasteiger partial charge on any atom is -0.323 e. The standard InChI is InChI=1S/C19H17NO.C4H10.C2H7N/c1-13(21)19(17-4-2-14(12-20)3-5-17)18-10-8-16(9-11-18)15-6-7-15;1-4(2)3;1-3-2/h2-5,8-11,15,19H,6-7H2,1H3;4H,1-3H3;3H,1-2H3. The fourth-order valence-corrected chi connectivity index (χ4v) is 2.79. The highest BCUT2D eigenvalue weighted by atomic mass is 16.1. The molecule has 1 N–H and O–H groups in total. The first-order chi connectivity index (χ1) is 13.3. The summed E-state index contributed by atoms with van der Waals surface area (Å²) < 4.78 is 0. The Hall–Kier alpha value is -2.44. The zero-order valence-electron chi connectivity index (χ0n) is 18.1. The van der Waals surface area contributed by atoms with Crippen molar-refractivity contribution in [2.24, 2.45) is 5.92 Å². The van der Waals surface area contributed by atoms with Crippen molar-refractivity contribution in [1.29, 1.82) is 5.26 Å². The number of hydrogen-bond donors (Lipinski definition) is 1. The van der Waals surface area contributed by atoms with E-state index in [0.717, 1.165) is 23.0 Å². The zero-order chi connectivity index (χ0) is 21.1. The second kappa shape index (κ2) is 12.1. The summed E-state index contributed by atoms with van der Waals surface area (Å²) >= 11 is 0. The predicted octanol–water partition coefficient (Wildman–Crippen LogP) is 5.65. The first-order valence-electron chi connectivity index (χ1n) is 10.0. The van der Waals surface area contributed by atoms with Crippen LogP contribution in [0.4, 0.5) is 0 Å². The van der Waals surface area contributed by atoms with Gasteiger partial charge in [-0.05, 0) is 74.5 Å². The van der Waals surface area contributed by atoms with Crippen LogP contribution in [-0.2, 0) is 4.79 Å². The van der Waals surface area contributed by atoms with E-state index in [4.69, 9.17) is 5.26 Å². The molecule has 1 saturated carbocycles. The van der Waals surface area contributed by atoms with E-state index in [-0.39, 0.29) is 11.7 Å². The molecule has 3 rings (SSSR count). The van der Waals surface area contributed by atoms with Crippen LogP contribution in [-0.4, -0.2) is 19.9 Å². The second-order valence-electron chi connectivity index (χ2n) is 7.95. The highest BCUT2D eigenvalue weighted by molar-refractivity contribution is 5.87. The lowest BCUT2D eigenvalue weighted by molar-refractivity contribution is -0.117. The predicted molar refractivity (Wildman–Crippen MR) is 118 cm³/mol. The molecule has 0 heterocycles. The smallest absolute Gasteiger partial charge is 0.141 e. The lowest BCUT2D eigenvalue weighted by Crippen LogP contribution is -2.10. The van der Waals surface area contributed by atoms with Gasteiger partial charge in [-0.3, -0.25) is 4.79 Å². The molecule has 0 bridgehead atoms. The van der Waals surface area contributed by atoms with Crippen molar-refractivity contribution in [3.05, 3.63) is 70.8 Å². The van der Waals surface area contributed by atoms with E-state index in [1.165, 1.54) is 18.4 Å². The summed E-state index contributed by atoms with van der Waals surface area (Å²) in [6, 6.07) is 17.8. The van der Waals surface area contributed by atoms with Gasteiger partial charge in [0.05, 0.1) is 17.6 Å². The van der Waals surface area contributed by atoms with Crippen LogP contribution in [0.2, 0.25) is 0 Å². The van der Waals surface area contributed by atoms with Crippen molar-refractivity contribution in [3.63, 3.8) is 0 Å². The van der Waals surface area contributed by atoms with E-state index in [1.807, 2.05) is 26.2 Å². The molecule has 0 spiro atoms. The molecule has 0 aromatic heterocycles. The molecule has 3 nitrogen and oxygen atoms in total. The summed E-state index contributed by atoms with van der Waals surface area (Å²) in [5, 5.41) is 11.6. The number of rotatable bonds is 4. The van der Waals surface area contributed by atoms with E-state index < -0.39 is 0 Å². The van der Waals surface area contributed by atoms with Crippen LogP contribution in [0, 0.1) is 17.2 Å². The van der Waals surface area contributed by atoms with Gasteiger partial charge in [-0.15, -0.1) is 0 Å². The van der Waals surface area contributed by atoms with E-state index in [2.05, 4.69) is 56.4 Å². The van der Waals surface area contributed by atoms with Crippen LogP contribution in [0.25, 0.3) is 0 Å². The maximum atomic E-state index is 12.1. The Kier molecular flexibility index (Phi) is 10.2. The number of nitrogens with one attached hydrogen (secondary N) is 1. The van der Waals surface area contributed by atoms with Crippen molar-refractivity contribution in [3.8, 4) is 6.07 Å². The summed E-state index contributed by atoms with van der Waals surface area (Å²) in [5.41, 5.74) is 3.96. The average Bonchev–Trinajstić information content (AvgIpc) is 3.48. The first kappa shape index (κ1) is 23.6. The molecule has 0 radical (unpaired) electrons. The molecule has 28 heavy (non-hydrogen) atoms. The molecule has 1 aliphatic carbocycles. The Balaban J connectivity index is 0.000000489. The van der Waals surface area contributed by atoms with E-state index in [9.17, 15) is 4.79 Å². The molecule has 0 amide bonds. The third kappa shape index (κ3) is 8.06. The second-order valence-corrected chi connectivity index (χ2v) is 7.95. The Bertz CT molecular complexity index is 748. The molecule has 1 unspecified atom stereocenters. The maximum Gasteiger partial charge on any atom is 0.141 e. The number of Topliss-reactive ketones (excluding diaryl/α,β-unsaturated/α-hetero) is 1. The first-order valence-corrected chi connectivity index (χ1v) is 10.0. The summed E-state index contributed by atoms with van der Waals surface area (Å²) in [7, 11) is 3.75. The molecular weight excluding hydrogens is 344 g/mol. The third-order valence-corrected chi connectivity index (χ3v) is 4.10. The summed E-state index contributed by atoms with van der Waals surface area (Å²) in [6.45, 7) is 8.12. The van der Waals surface area contributed by atoms with Gasteiger partial charge in [-0.2, -0.15) is 5.26 Å². The molecule has 2 aromatic carbocycles. The summed E-state index contributed by atoms with van der Waals surface area (Å²) in [6.07, 6.45) is 2.57. The Labute approximate surface area is 170 Å². The zero-order valence-corrected chi connectivity index (χ0v) is 18.1. The molecule has 1 atom stereocenters. The van der Waals surface area contributed by atoms with Gasteiger partial charge in [0.2, 0.25) is 0 Å². The van der Waals surface area contributed by atoms with Crippen molar-refractivity contribution >= 4 is 5.78 Å². The van der Waals surface area contributed by atoms with Gasteiger partial charge in [0, 0.05) is 0 Å². The van der Waals surface area contributed by atoms with Gasteiger partial charge in [-0.25, -0.2) is 0 Å². The molecule has 0 saturated heterocycles. The van der Waals surface area contributed by atoms with Crippen LogP contribution in [0.1, 0.15) is 74.6 Å². The van der Waals surface area contributed by atoms with Gasteiger partial charge in [0.25, 0.3) is 0 Å². The number of carbonyl (C=O) groups is 1. The van der Waals surface area contributed by atoms with Crippen LogP contribution in [0.5, 0.6) is 0 Å². The largest absolute Gasteiger partial charge is 0.323 e. The van der Waals surface area contributed by atoms with Gasteiger partial charge in [0.15, 0.2) is 0 Å². The number of hydrogen-bond acceptors (Lipinski definition) is 3. The van der Waals surface area contributed by atoms with E-state index >= 15 is 0 Å². The van der Waals surface area contributed by atoms with Gasteiger partial charge in [-0.1, -0.05) is 57.2 Å². The van der Waals surface area contributed by atoms with Gasteiger partial charge < -0.3 is 5.32 Å². The molecule has 150 valence electrons. The number of nitrogens with zero attached hydrogens (tertiary/aromatic N) is 1. The number of benzene rings is 2. The molecule has 2 aromatic rings. The molecule has 0 aliphatic heterocycles. The minimum atomic E-state index is -0.244. The molecule has 3 heteroatoms. The Morgan fingerprint density at radius 2 is 1.36 bits per heavy atom.